The van der Waals surface area contributed by atoms with Crippen LogP contribution in [0.3, 0.4) is 0 Å². The second kappa shape index (κ2) is 6.69. The Morgan fingerprint density at radius 3 is 2.62 bits per heavy atom. The van der Waals surface area contributed by atoms with E-state index in [4.69, 9.17) is 10.2 Å². The molecule has 0 bridgehead atoms. The van der Waals surface area contributed by atoms with Gasteiger partial charge in [0.1, 0.15) is 5.82 Å². The molecule has 0 radical (unpaired) electrons. The number of nitrogens with zero attached hydrogens (tertiary/aromatic N) is 2. The minimum absolute atomic E-state index is 0.109. The number of hydrogen-bond acceptors (Lipinski definition) is 5. The highest BCUT2D eigenvalue weighted by Gasteiger charge is 2.19. The molecule has 1 saturated heterocycles. The van der Waals surface area contributed by atoms with Gasteiger partial charge in [-0.1, -0.05) is 0 Å². The topological polar surface area (TPSA) is 86.9 Å². The van der Waals surface area contributed by atoms with E-state index in [9.17, 15) is 12.8 Å². The van der Waals surface area contributed by atoms with Gasteiger partial charge in [0.25, 0.3) is 0 Å². The van der Waals surface area contributed by atoms with Crippen LogP contribution in [-0.2, 0) is 10.0 Å². The van der Waals surface area contributed by atoms with Crippen LogP contribution < -0.4 is 10.0 Å². The monoisotopic (exact) mass is 317 g/mol. The van der Waals surface area contributed by atoms with Crippen LogP contribution in [0.5, 0.6) is 0 Å². The number of benzene rings is 1. The maximum absolute atomic E-state index is 14.1. The maximum Gasteiger partial charge on any atom is 0.238 e. The van der Waals surface area contributed by atoms with E-state index in [2.05, 4.69) is 4.90 Å². The fourth-order valence-electron chi connectivity index (χ4n) is 2.50. The van der Waals surface area contributed by atoms with E-state index in [1.54, 1.807) is 0 Å². The van der Waals surface area contributed by atoms with Gasteiger partial charge >= 0.3 is 0 Å². The third-order valence-corrected chi connectivity index (χ3v) is 4.50. The van der Waals surface area contributed by atoms with Crippen molar-refractivity contribution in [1.82, 2.24) is 4.90 Å². The van der Waals surface area contributed by atoms with E-state index < -0.39 is 15.8 Å². The fraction of sp³-hybridized carbons (Fsp3) is 0.538. The molecule has 0 unspecified atom stereocenters. The Kier molecular flexibility index (Phi) is 5.15. The number of rotatable bonds is 4. The number of anilines is 1. The van der Waals surface area contributed by atoms with Gasteiger partial charge in [0.2, 0.25) is 10.0 Å². The van der Waals surface area contributed by atoms with E-state index in [0.717, 1.165) is 25.6 Å². The zero-order chi connectivity index (χ0) is 15.5. The molecule has 1 fully saturated rings. The molecule has 21 heavy (non-hydrogen) atoms. The van der Waals surface area contributed by atoms with Crippen molar-refractivity contribution in [3.8, 4) is 0 Å². The second-order valence-corrected chi connectivity index (χ2v) is 6.63. The minimum Gasteiger partial charge on any atom is -0.395 e. The molecule has 1 aromatic rings. The first-order valence-corrected chi connectivity index (χ1v) is 8.37. The largest absolute Gasteiger partial charge is 0.395 e. The number of aliphatic hydroxyl groups excluding tert-OH is 1. The average Bonchev–Trinajstić information content (AvgIpc) is 2.64. The van der Waals surface area contributed by atoms with Gasteiger partial charge < -0.3 is 10.0 Å². The molecule has 1 aromatic carbocycles. The highest BCUT2D eigenvalue weighted by molar-refractivity contribution is 7.89. The maximum atomic E-state index is 14.1. The van der Waals surface area contributed by atoms with Gasteiger partial charge in [-0.25, -0.2) is 17.9 Å². The highest BCUT2D eigenvalue weighted by Crippen LogP contribution is 2.23. The number of aliphatic hydroxyl groups is 1. The van der Waals surface area contributed by atoms with Crippen LogP contribution in [-0.4, -0.2) is 57.8 Å². The third kappa shape index (κ3) is 4.13. The zero-order valence-corrected chi connectivity index (χ0v) is 12.5. The molecule has 1 heterocycles. The molecular weight excluding hydrogens is 297 g/mol. The second-order valence-electron chi connectivity index (χ2n) is 5.06. The van der Waals surface area contributed by atoms with Crippen LogP contribution >= 0.6 is 0 Å². The predicted octanol–water partition coefficient (Wildman–Crippen LogP) is -0.0225. The lowest BCUT2D eigenvalue weighted by atomic mass is 10.2. The van der Waals surface area contributed by atoms with Gasteiger partial charge in [-0.3, -0.25) is 4.90 Å². The van der Waals surface area contributed by atoms with Crippen molar-refractivity contribution < 1.29 is 17.9 Å². The number of sulfonamides is 1. The summed E-state index contributed by atoms with van der Waals surface area (Å²) in [5.74, 6) is -0.586. The first-order chi connectivity index (χ1) is 9.91. The van der Waals surface area contributed by atoms with E-state index in [1.165, 1.54) is 12.1 Å². The molecule has 6 nitrogen and oxygen atoms in total. The van der Waals surface area contributed by atoms with Gasteiger partial charge in [-0.05, 0) is 31.2 Å². The third-order valence-electron chi connectivity index (χ3n) is 3.59. The number of β-amino-alcohol motifs (C(OH)–C–C–N with tert-alkyl or cyclic N) is 1. The van der Waals surface area contributed by atoms with Gasteiger partial charge in [0.05, 0.1) is 17.2 Å². The van der Waals surface area contributed by atoms with E-state index in [1.807, 2.05) is 4.90 Å². The van der Waals surface area contributed by atoms with Crippen molar-refractivity contribution >= 4 is 15.7 Å². The van der Waals surface area contributed by atoms with Crippen LogP contribution in [0.2, 0.25) is 0 Å². The van der Waals surface area contributed by atoms with Crippen LogP contribution in [0, 0.1) is 5.82 Å². The lowest BCUT2D eigenvalue weighted by Gasteiger charge is -2.24. The van der Waals surface area contributed by atoms with Gasteiger partial charge in [0, 0.05) is 26.2 Å². The Bertz CT molecular complexity index is 594. The first kappa shape index (κ1) is 16.2. The summed E-state index contributed by atoms with van der Waals surface area (Å²) in [5.41, 5.74) is 0.383. The molecule has 0 spiro atoms. The number of nitrogens with two attached hydrogens (primary N) is 1. The molecule has 2 rings (SSSR count). The normalized spacial score (nSPS) is 17.8. The SMILES string of the molecule is NS(=O)(=O)c1ccc(N2CCCN(CCO)CC2)c(F)c1. The molecule has 0 saturated carbocycles. The van der Waals surface area contributed by atoms with Gasteiger partial charge in [0.15, 0.2) is 0 Å². The lowest BCUT2D eigenvalue weighted by Crippen LogP contribution is -2.32. The van der Waals surface area contributed by atoms with E-state index >= 15 is 0 Å². The summed E-state index contributed by atoms with van der Waals surface area (Å²) in [4.78, 5) is 3.79. The summed E-state index contributed by atoms with van der Waals surface area (Å²) in [7, 11) is -3.89. The molecule has 1 aliphatic rings. The van der Waals surface area contributed by atoms with E-state index in [-0.39, 0.29) is 11.5 Å². The van der Waals surface area contributed by atoms with Gasteiger partial charge in [-0.15, -0.1) is 0 Å². The van der Waals surface area contributed by atoms with Crippen molar-refractivity contribution in [3.05, 3.63) is 24.0 Å². The Hall–Kier alpha value is -1.22. The number of halogens is 1. The lowest BCUT2D eigenvalue weighted by molar-refractivity contribution is 0.204. The zero-order valence-electron chi connectivity index (χ0n) is 11.7. The van der Waals surface area contributed by atoms with Crippen LogP contribution in [0.4, 0.5) is 10.1 Å². The first-order valence-electron chi connectivity index (χ1n) is 6.82. The summed E-state index contributed by atoms with van der Waals surface area (Å²) in [5, 5.41) is 14.0. The number of primary sulfonamides is 1. The summed E-state index contributed by atoms with van der Waals surface area (Å²) < 4.78 is 36.5. The Labute approximate surface area is 124 Å². The smallest absolute Gasteiger partial charge is 0.238 e. The Balaban J connectivity index is 2.15. The molecule has 3 N–H and O–H groups in total. The molecule has 0 amide bonds. The molecular formula is C13H20FN3O3S. The molecule has 8 heteroatoms. The molecule has 1 aliphatic heterocycles. The minimum atomic E-state index is -3.89. The molecule has 0 aromatic heterocycles. The van der Waals surface area contributed by atoms with Crippen molar-refractivity contribution in [2.24, 2.45) is 5.14 Å². The molecule has 0 atom stereocenters. The van der Waals surface area contributed by atoms with Crippen molar-refractivity contribution in [3.63, 3.8) is 0 Å². The summed E-state index contributed by atoms with van der Waals surface area (Å²) in [6.07, 6.45) is 0.858. The quantitative estimate of drug-likeness (QED) is 0.815. The molecule has 118 valence electrons. The fourth-order valence-corrected chi connectivity index (χ4v) is 3.02. The summed E-state index contributed by atoms with van der Waals surface area (Å²) in [6, 6.07) is 3.74. The van der Waals surface area contributed by atoms with Crippen LogP contribution in [0.25, 0.3) is 0 Å². The number of hydrogen-bond donors (Lipinski definition) is 2. The Morgan fingerprint density at radius 1 is 1.24 bits per heavy atom. The standard InChI is InChI=1S/C13H20FN3O3S/c14-12-10-11(21(15,19)20)2-3-13(12)17-5-1-4-16(6-7-17)8-9-18/h2-3,10,18H,1,4-9H2,(H2,15,19,20). The van der Waals surface area contributed by atoms with Crippen molar-refractivity contribution in [1.29, 1.82) is 0 Å². The van der Waals surface area contributed by atoms with Crippen molar-refractivity contribution in [2.45, 2.75) is 11.3 Å². The Morgan fingerprint density at radius 2 is 2.00 bits per heavy atom. The van der Waals surface area contributed by atoms with E-state index in [0.29, 0.717) is 25.3 Å². The summed E-state index contributed by atoms with van der Waals surface area (Å²) >= 11 is 0. The summed E-state index contributed by atoms with van der Waals surface area (Å²) in [6.45, 7) is 3.63. The van der Waals surface area contributed by atoms with Crippen LogP contribution in [0.15, 0.2) is 23.1 Å². The average molecular weight is 317 g/mol. The molecule has 0 aliphatic carbocycles. The van der Waals surface area contributed by atoms with Gasteiger partial charge in [-0.2, -0.15) is 0 Å². The highest BCUT2D eigenvalue weighted by atomic mass is 32.2. The van der Waals surface area contributed by atoms with Crippen LogP contribution in [0.1, 0.15) is 6.42 Å². The van der Waals surface area contributed by atoms with Crippen molar-refractivity contribution in [2.75, 3.05) is 44.2 Å². The predicted molar refractivity (Wildman–Crippen MR) is 78.1 cm³/mol.